The van der Waals surface area contributed by atoms with E-state index in [-0.39, 0.29) is 5.56 Å². The molecule has 1 unspecified atom stereocenters. The highest BCUT2D eigenvalue weighted by Crippen LogP contribution is 2.30. The summed E-state index contributed by atoms with van der Waals surface area (Å²) in [5.41, 5.74) is -2.00. The van der Waals surface area contributed by atoms with Gasteiger partial charge >= 0.3 is 17.8 Å². The summed E-state index contributed by atoms with van der Waals surface area (Å²) < 4.78 is 52.5. The second-order valence-corrected chi connectivity index (χ2v) is 7.45. The number of carbonyl (C=O) groups excluding carboxylic acids is 2. The Hall–Kier alpha value is -3.33. The molecule has 11 nitrogen and oxygen atoms in total. The van der Waals surface area contributed by atoms with Gasteiger partial charge in [-0.3, -0.25) is 19.0 Å². The molecule has 3 rings (SSSR count). The lowest BCUT2D eigenvalue weighted by atomic mass is 10.1. The molecule has 0 saturated carbocycles. The number of benzene rings is 1. The maximum absolute atomic E-state index is 13.0. The van der Waals surface area contributed by atoms with E-state index in [1.54, 1.807) is 6.07 Å². The molecule has 0 amide bonds. The van der Waals surface area contributed by atoms with Crippen molar-refractivity contribution in [2.75, 3.05) is 19.8 Å². The fraction of sp³-hybridized carbons (Fsp3) is 0.429. The summed E-state index contributed by atoms with van der Waals surface area (Å²) in [6.45, 7) is -2.99. The van der Waals surface area contributed by atoms with E-state index in [0.717, 1.165) is 16.8 Å². The standard InChI is InChI=1S/C21H21F3N2O9/c22-21(23,24)11-34-15(29)7-9-33-17-16(30)13(10-27)35-19(17)25-8-6-14(28)26(20(25)32)18(31)12-4-2-1-3-5-12/h1-6,8,13,16-17,19,27,30H,7,9-11H2/t13-,16?,17+,19-/m1/s1. The molecule has 0 spiro atoms. The molecule has 2 aromatic rings. The van der Waals surface area contributed by atoms with Gasteiger partial charge in [0.05, 0.1) is 19.6 Å². The lowest BCUT2D eigenvalue weighted by molar-refractivity contribution is -0.187. The number of aliphatic hydroxyl groups is 2. The summed E-state index contributed by atoms with van der Waals surface area (Å²) in [5.74, 6) is -2.14. The number of hydrogen-bond acceptors (Lipinski definition) is 9. The van der Waals surface area contributed by atoms with Gasteiger partial charge < -0.3 is 24.4 Å². The Morgan fingerprint density at radius 3 is 2.43 bits per heavy atom. The van der Waals surface area contributed by atoms with Crippen molar-refractivity contribution in [1.29, 1.82) is 0 Å². The number of ether oxygens (including phenoxy) is 3. The first-order valence-corrected chi connectivity index (χ1v) is 10.3. The van der Waals surface area contributed by atoms with Crippen LogP contribution in [-0.2, 0) is 19.0 Å². The Morgan fingerprint density at radius 2 is 1.80 bits per heavy atom. The first kappa shape index (κ1) is 26.3. The van der Waals surface area contributed by atoms with Gasteiger partial charge in [-0.05, 0) is 12.1 Å². The lowest BCUT2D eigenvalue weighted by Gasteiger charge is -2.22. The highest BCUT2D eigenvalue weighted by atomic mass is 19.4. The molecule has 2 N–H and O–H groups in total. The van der Waals surface area contributed by atoms with E-state index in [1.807, 2.05) is 0 Å². The topological polar surface area (TPSA) is 146 Å². The number of carbonyl (C=O) groups is 2. The maximum Gasteiger partial charge on any atom is 0.422 e. The summed E-state index contributed by atoms with van der Waals surface area (Å²) in [6.07, 6.45) is -9.91. The maximum atomic E-state index is 13.0. The van der Waals surface area contributed by atoms with Crippen molar-refractivity contribution in [2.24, 2.45) is 0 Å². The zero-order chi connectivity index (χ0) is 25.8. The molecule has 190 valence electrons. The van der Waals surface area contributed by atoms with Crippen LogP contribution in [0.15, 0.2) is 52.2 Å². The SMILES string of the molecule is O=C(CCO[C@H]1C(O)[C@@H](CO)O[C@H]1n1ccc(=O)n(C(=O)c2ccccc2)c1=O)OCC(F)(F)F. The predicted octanol–water partition coefficient (Wildman–Crippen LogP) is -0.170. The van der Waals surface area contributed by atoms with E-state index >= 15 is 0 Å². The number of halogens is 3. The predicted molar refractivity (Wildman–Crippen MR) is 110 cm³/mol. The molecule has 0 radical (unpaired) electrons. The first-order chi connectivity index (χ1) is 16.5. The normalized spacial score (nSPS) is 22.2. The molecule has 1 aliphatic rings. The highest BCUT2D eigenvalue weighted by Gasteiger charge is 2.46. The number of nitrogens with zero attached hydrogens (tertiary/aromatic N) is 2. The molecule has 1 saturated heterocycles. The number of aromatic nitrogens is 2. The van der Waals surface area contributed by atoms with Gasteiger partial charge in [0, 0.05) is 17.8 Å². The van der Waals surface area contributed by atoms with Crippen LogP contribution < -0.4 is 11.2 Å². The van der Waals surface area contributed by atoms with Crippen molar-refractivity contribution < 1.29 is 47.2 Å². The highest BCUT2D eigenvalue weighted by molar-refractivity contribution is 5.95. The minimum Gasteiger partial charge on any atom is -0.456 e. The van der Waals surface area contributed by atoms with Crippen LogP contribution in [0.25, 0.3) is 0 Å². The van der Waals surface area contributed by atoms with Crippen LogP contribution in [0.5, 0.6) is 0 Å². The van der Waals surface area contributed by atoms with E-state index in [2.05, 4.69) is 4.74 Å². The van der Waals surface area contributed by atoms with E-state index in [0.29, 0.717) is 4.57 Å². The summed E-state index contributed by atoms with van der Waals surface area (Å²) in [5, 5.41) is 19.9. The number of rotatable bonds is 8. The minimum absolute atomic E-state index is 0.0511. The Morgan fingerprint density at radius 1 is 1.11 bits per heavy atom. The largest absolute Gasteiger partial charge is 0.456 e. The van der Waals surface area contributed by atoms with Gasteiger partial charge in [-0.15, -0.1) is 0 Å². The smallest absolute Gasteiger partial charge is 0.422 e. The molecule has 1 aliphatic heterocycles. The van der Waals surface area contributed by atoms with Crippen molar-refractivity contribution in [3.05, 3.63) is 69.0 Å². The fourth-order valence-electron chi connectivity index (χ4n) is 3.37. The van der Waals surface area contributed by atoms with Gasteiger partial charge in [0.15, 0.2) is 12.8 Å². The van der Waals surface area contributed by atoms with Crippen molar-refractivity contribution in [2.45, 2.75) is 37.1 Å². The summed E-state index contributed by atoms with van der Waals surface area (Å²) in [4.78, 5) is 49.6. The van der Waals surface area contributed by atoms with Gasteiger partial charge in [0.2, 0.25) is 0 Å². The zero-order valence-corrected chi connectivity index (χ0v) is 18.0. The van der Waals surface area contributed by atoms with Crippen molar-refractivity contribution in [3.8, 4) is 0 Å². The third kappa shape index (κ3) is 6.22. The van der Waals surface area contributed by atoms with Crippen LogP contribution in [0, 0.1) is 0 Å². The average Bonchev–Trinajstić information content (AvgIpc) is 3.13. The van der Waals surface area contributed by atoms with Gasteiger partial charge in [0.25, 0.3) is 11.5 Å². The molecule has 0 bridgehead atoms. The molecule has 1 aromatic heterocycles. The molecule has 2 heterocycles. The van der Waals surface area contributed by atoms with Crippen LogP contribution in [0.1, 0.15) is 23.0 Å². The molecule has 4 atom stereocenters. The summed E-state index contributed by atoms with van der Waals surface area (Å²) in [7, 11) is 0. The summed E-state index contributed by atoms with van der Waals surface area (Å²) in [6, 6.07) is 8.40. The third-order valence-corrected chi connectivity index (χ3v) is 5.01. The Kier molecular flexibility index (Phi) is 8.22. The Labute approximate surface area is 194 Å². The van der Waals surface area contributed by atoms with Gasteiger partial charge in [-0.25, -0.2) is 4.79 Å². The van der Waals surface area contributed by atoms with Crippen LogP contribution in [0.3, 0.4) is 0 Å². The van der Waals surface area contributed by atoms with Crippen LogP contribution in [0.2, 0.25) is 0 Å². The third-order valence-electron chi connectivity index (χ3n) is 5.01. The molecule has 14 heteroatoms. The van der Waals surface area contributed by atoms with E-state index in [9.17, 15) is 42.6 Å². The minimum atomic E-state index is -4.70. The monoisotopic (exact) mass is 502 g/mol. The van der Waals surface area contributed by atoms with Crippen molar-refractivity contribution >= 4 is 11.9 Å². The molecule has 1 fully saturated rings. The van der Waals surface area contributed by atoms with Crippen LogP contribution in [0.4, 0.5) is 13.2 Å². The molecular weight excluding hydrogens is 481 g/mol. The van der Waals surface area contributed by atoms with E-state index in [4.69, 9.17) is 9.47 Å². The summed E-state index contributed by atoms with van der Waals surface area (Å²) >= 11 is 0. The second kappa shape index (κ2) is 10.9. The van der Waals surface area contributed by atoms with Crippen LogP contribution >= 0.6 is 0 Å². The lowest BCUT2D eigenvalue weighted by Crippen LogP contribution is -2.46. The number of alkyl halides is 3. The second-order valence-electron chi connectivity index (χ2n) is 7.45. The molecule has 0 aliphatic carbocycles. The van der Waals surface area contributed by atoms with Gasteiger partial charge in [-0.2, -0.15) is 17.7 Å². The van der Waals surface area contributed by atoms with Crippen LogP contribution in [-0.4, -0.2) is 75.5 Å². The molecule has 1 aromatic carbocycles. The number of aliphatic hydroxyl groups excluding tert-OH is 2. The van der Waals surface area contributed by atoms with Gasteiger partial charge in [0.1, 0.15) is 18.3 Å². The Balaban J connectivity index is 1.82. The number of esters is 1. The molecule has 35 heavy (non-hydrogen) atoms. The number of hydrogen-bond donors (Lipinski definition) is 2. The average molecular weight is 502 g/mol. The molecular formula is C21H21F3N2O9. The van der Waals surface area contributed by atoms with Crippen molar-refractivity contribution in [3.63, 3.8) is 0 Å². The van der Waals surface area contributed by atoms with Crippen molar-refractivity contribution in [1.82, 2.24) is 9.13 Å². The van der Waals surface area contributed by atoms with E-state index in [1.165, 1.54) is 24.3 Å². The fourth-order valence-corrected chi connectivity index (χ4v) is 3.37. The van der Waals surface area contributed by atoms with E-state index < -0.39 is 80.1 Å². The quantitative estimate of drug-likeness (QED) is 0.470. The Bertz CT molecular complexity index is 1160. The zero-order valence-electron chi connectivity index (χ0n) is 18.0. The van der Waals surface area contributed by atoms with Gasteiger partial charge in [-0.1, -0.05) is 18.2 Å². The first-order valence-electron chi connectivity index (χ1n) is 10.3.